The zero-order valence-corrected chi connectivity index (χ0v) is 36.5. The number of hydrogen-bond acceptors (Lipinski definition) is 4. The molecule has 0 radical (unpaired) electrons. The second-order valence-corrected chi connectivity index (χ2v) is 17.8. The highest BCUT2D eigenvalue weighted by molar-refractivity contribution is 6.23. The number of benzene rings is 9. The molecule has 0 fully saturated rings. The molecule has 0 spiro atoms. The Labute approximate surface area is 388 Å². The molecule has 314 valence electrons. The highest BCUT2D eigenvalue weighted by Crippen LogP contribution is 2.46. The molecule has 15 rings (SSSR count). The minimum atomic E-state index is 0.877. The number of nitrogens with zero attached hydrogens (tertiary/aromatic N) is 6. The molecule has 6 heterocycles. The second-order valence-electron chi connectivity index (χ2n) is 17.8. The lowest BCUT2D eigenvalue weighted by Gasteiger charge is -2.20. The molecule has 0 aliphatic carbocycles. The summed E-state index contributed by atoms with van der Waals surface area (Å²) in [6.07, 6.45) is 3.72. The molecule has 68 heavy (non-hydrogen) atoms. The third kappa shape index (κ3) is 5.28. The van der Waals surface area contributed by atoms with Crippen molar-refractivity contribution in [2.24, 2.45) is 0 Å². The van der Waals surface area contributed by atoms with Gasteiger partial charge in [-0.3, -0.25) is 9.97 Å². The van der Waals surface area contributed by atoms with Gasteiger partial charge in [0.15, 0.2) is 0 Å². The van der Waals surface area contributed by atoms with E-state index in [9.17, 15) is 0 Å². The Kier molecular flexibility index (Phi) is 7.69. The Bertz CT molecular complexity index is 4230. The van der Waals surface area contributed by atoms with Gasteiger partial charge in [0.05, 0.1) is 55.5 Å². The highest BCUT2D eigenvalue weighted by Gasteiger charge is 2.23. The number of para-hydroxylation sites is 4. The average Bonchev–Trinajstić information content (AvgIpc) is 3.93. The van der Waals surface area contributed by atoms with Crippen LogP contribution in [0.3, 0.4) is 0 Å². The van der Waals surface area contributed by atoms with Crippen LogP contribution in [0.15, 0.2) is 219 Å². The van der Waals surface area contributed by atoms with Crippen LogP contribution in [0.4, 0.5) is 0 Å². The van der Waals surface area contributed by atoms with E-state index in [1.165, 1.54) is 21.5 Å². The zero-order valence-electron chi connectivity index (χ0n) is 36.5. The van der Waals surface area contributed by atoms with Crippen molar-refractivity contribution in [2.75, 3.05) is 0 Å². The van der Waals surface area contributed by atoms with Crippen molar-refractivity contribution in [1.29, 1.82) is 0 Å². The minimum absolute atomic E-state index is 0.877. The van der Waals surface area contributed by atoms with Gasteiger partial charge in [-0.15, -0.1) is 0 Å². The second kappa shape index (κ2) is 14.1. The SMILES string of the molecule is c1cnc2c(c1)ccc1ccc(-c3c4ccc(-n5c6ccccc6c6ccccc65)cc4c(-c4ccc5ccc6cccnc6c5n4)c4ccc(-n5c6ccccc6c6ccccc65)cc34)nc12. The Morgan fingerprint density at radius 2 is 0.618 bits per heavy atom. The molecule has 6 aromatic heterocycles. The number of hydrogen-bond donors (Lipinski definition) is 0. The summed E-state index contributed by atoms with van der Waals surface area (Å²) >= 11 is 0. The number of rotatable bonds is 4. The van der Waals surface area contributed by atoms with Gasteiger partial charge in [0, 0.05) is 78.0 Å². The van der Waals surface area contributed by atoms with Gasteiger partial charge in [-0.05, 0) is 94.3 Å². The lowest BCUT2D eigenvalue weighted by molar-refractivity contribution is 1.18. The van der Waals surface area contributed by atoms with Crippen LogP contribution in [-0.4, -0.2) is 29.1 Å². The van der Waals surface area contributed by atoms with Crippen molar-refractivity contribution in [3.8, 4) is 33.9 Å². The molecule has 6 nitrogen and oxygen atoms in total. The topological polar surface area (TPSA) is 61.4 Å². The van der Waals surface area contributed by atoms with Gasteiger partial charge in [0.1, 0.15) is 0 Å². The summed E-state index contributed by atoms with van der Waals surface area (Å²) in [5.41, 5.74) is 14.1. The maximum atomic E-state index is 5.60. The van der Waals surface area contributed by atoms with Crippen molar-refractivity contribution in [1.82, 2.24) is 29.1 Å². The standard InChI is InChI=1S/C62H36N6/c1-5-17-53-43(13-1)44-14-2-6-18-54(44)67(53)41-27-29-47-49(35-41)57(51-31-25-39-23-21-37-11-9-33-63-59(37)61(39)65-51)48-30-28-42(68-55-19-7-3-15-45(55)46-16-4-8-20-56(46)68)36-50(48)58(47)52-32-26-40-24-22-38-12-10-34-64-60(38)62(40)66-52/h1-36H. The summed E-state index contributed by atoms with van der Waals surface area (Å²) in [5.74, 6) is 0. The summed E-state index contributed by atoms with van der Waals surface area (Å²) in [6, 6.07) is 74.3. The van der Waals surface area contributed by atoms with Crippen molar-refractivity contribution >= 4 is 109 Å². The molecule has 0 aliphatic rings. The summed E-state index contributed by atoms with van der Waals surface area (Å²) < 4.78 is 4.81. The van der Waals surface area contributed by atoms with Crippen LogP contribution in [0.5, 0.6) is 0 Å². The molecule has 0 N–H and O–H groups in total. The maximum Gasteiger partial charge on any atom is 0.0972 e. The van der Waals surface area contributed by atoms with Crippen molar-refractivity contribution in [2.45, 2.75) is 0 Å². The molecule has 6 heteroatoms. The van der Waals surface area contributed by atoms with Gasteiger partial charge >= 0.3 is 0 Å². The molecule has 9 aromatic carbocycles. The van der Waals surface area contributed by atoms with E-state index in [2.05, 4.69) is 203 Å². The molecule has 0 unspecified atom stereocenters. The average molecular weight is 865 g/mol. The third-order valence-corrected chi connectivity index (χ3v) is 14.1. The summed E-state index contributed by atoms with van der Waals surface area (Å²) in [4.78, 5) is 21.0. The molecular weight excluding hydrogens is 829 g/mol. The Hall–Kier alpha value is -9.26. The van der Waals surface area contributed by atoms with Crippen molar-refractivity contribution in [3.05, 3.63) is 219 Å². The van der Waals surface area contributed by atoms with Crippen molar-refractivity contribution < 1.29 is 0 Å². The Morgan fingerprint density at radius 1 is 0.265 bits per heavy atom. The Balaban J connectivity index is 1.12. The van der Waals surface area contributed by atoms with Crippen molar-refractivity contribution in [3.63, 3.8) is 0 Å². The first-order chi connectivity index (χ1) is 33.7. The third-order valence-electron chi connectivity index (χ3n) is 14.1. The smallest absolute Gasteiger partial charge is 0.0972 e. The first-order valence-electron chi connectivity index (χ1n) is 23.0. The van der Waals surface area contributed by atoms with E-state index >= 15 is 0 Å². The van der Waals surface area contributed by atoms with Crippen LogP contribution in [0.2, 0.25) is 0 Å². The van der Waals surface area contributed by atoms with Crippen LogP contribution in [-0.2, 0) is 0 Å². The summed E-state index contributed by atoms with van der Waals surface area (Å²) in [7, 11) is 0. The minimum Gasteiger partial charge on any atom is -0.309 e. The van der Waals surface area contributed by atoms with Gasteiger partial charge < -0.3 is 9.13 Å². The monoisotopic (exact) mass is 864 g/mol. The van der Waals surface area contributed by atoms with Crippen LogP contribution in [0, 0.1) is 0 Å². The predicted octanol–water partition coefficient (Wildman–Crippen LogP) is 15.7. The van der Waals surface area contributed by atoms with E-state index in [1.54, 1.807) is 0 Å². The number of aromatic nitrogens is 6. The molecule has 0 saturated heterocycles. The molecule has 0 bridgehead atoms. The van der Waals surface area contributed by atoms with E-state index in [4.69, 9.17) is 19.9 Å². The van der Waals surface area contributed by atoms with Crippen LogP contribution in [0.25, 0.3) is 143 Å². The van der Waals surface area contributed by atoms with E-state index < -0.39 is 0 Å². The molecule has 15 aromatic rings. The number of pyridine rings is 4. The van der Waals surface area contributed by atoms with Gasteiger partial charge in [-0.2, -0.15) is 0 Å². The predicted molar refractivity (Wildman–Crippen MR) is 282 cm³/mol. The fourth-order valence-electron chi connectivity index (χ4n) is 11.2. The van der Waals surface area contributed by atoms with Gasteiger partial charge in [-0.25, -0.2) is 9.97 Å². The molecule has 0 amide bonds. The number of fused-ring (bicyclic) bond motifs is 14. The molecule has 0 aliphatic heterocycles. The van der Waals surface area contributed by atoms with E-state index in [0.717, 1.165) is 121 Å². The zero-order chi connectivity index (χ0) is 44.5. The maximum absolute atomic E-state index is 5.60. The van der Waals surface area contributed by atoms with E-state index in [1.807, 2.05) is 24.5 Å². The largest absolute Gasteiger partial charge is 0.309 e. The lowest BCUT2D eigenvalue weighted by atomic mass is 9.87. The Morgan fingerprint density at radius 3 is 1.01 bits per heavy atom. The van der Waals surface area contributed by atoms with E-state index in [0.29, 0.717) is 0 Å². The fourth-order valence-corrected chi connectivity index (χ4v) is 11.2. The molecule has 0 atom stereocenters. The summed E-state index contributed by atoms with van der Waals surface area (Å²) in [6.45, 7) is 0. The lowest BCUT2D eigenvalue weighted by Crippen LogP contribution is -1.99. The van der Waals surface area contributed by atoms with Crippen LogP contribution < -0.4 is 0 Å². The van der Waals surface area contributed by atoms with Gasteiger partial charge in [0.25, 0.3) is 0 Å². The van der Waals surface area contributed by atoms with Crippen LogP contribution >= 0.6 is 0 Å². The van der Waals surface area contributed by atoms with Gasteiger partial charge in [0.2, 0.25) is 0 Å². The summed E-state index contributed by atoms with van der Waals surface area (Å²) in [5, 5.41) is 13.4. The first kappa shape index (κ1) is 37.0. The fraction of sp³-hybridized carbons (Fsp3) is 0. The normalized spacial score (nSPS) is 12.1. The molecular formula is C62H36N6. The molecule has 0 saturated carbocycles. The highest BCUT2D eigenvalue weighted by atomic mass is 15.0. The first-order valence-corrected chi connectivity index (χ1v) is 23.0. The quantitative estimate of drug-likeness (QED) is 0.131. The van der Waals surface area contributed by atoms with E-state index in [-0.39, 0.29) is 0 Å². The van der Waals surface area contributed by atoms with Crippen LogP contribution in [0.1, 0.15) is 0 Å². The van der Waals surface area contributed by atoms with Gasteiger partial charge in [-0.1, -0.05) is 133 Å².